The Morgan fingerprint density at radius 1 is 1.52 bits per heavy atom. The van der Waals surface area contributed by atoms with E-state index < -0.39 is 23.3 Å². The van der Waals surface area contributed by atoms with Crippen molar-refractivity contribution in [3.05, 3.63) is 44.5 Å². The van der Waals surface area contributed by atoms with Gasteiger partial charge < -0.3 is 16.2 Å². The van der Waals surface area contributed by atoms with Crippen molar-refractivity contribution in [3.63, 3.8) is 0 Å². The zero-order valence-electron chi connectivity index (χ0n) is 13.9. The Morgan fingerprint density at radius 3 is 2.93 bits per heavy atom. The summed E-state index contributed by atoms with van der Waals surface area (Å²) in [6.45, 7) is 0. The summed E-state index contributed by atoms with van der Waals surface area (Å²) < 4.78 is 0. The molecule has 2 aliphatic heterocycles. The summed E-state index contributed by atoms with van der Waals surface area (Å²) in [4.78, 5) is 39.0. The van der Waals surface area contributed by atoms with Crippen molar-refractivity contribution in [3.8, 4) is 0 Å². The van der Waals surface area contributed by atoms with Crippen molar-refractivity contribution in [1.29, 1.82) is 5.41 Å². The number of carboxylic acid groups (broad SMARTS) is 1. The lowest BCUT2D eigenvalue weighted by molar-refractivity contribution is -0.150. The highest BCUT2D eigenvalue weighted by Crippen LogP contribution is 2.43. The Morgan fingerprint density at radius 2 is 2.30 bits per heavy atom. The van der Waals surface area contributed by atoms with Gasteiger partial charge >= 0.3 is 5.97 Å². The smallest absolute Gasteiger partial charge is 0.353 e. The van der Waals surface area contributed by atoms with Crippen LogP contribution in [0.25, 0.3) is 0 Å². The Labute approximate surface area is 167 Å². The molecule has 11 heteroatoms. The topological polar surface area (TPSA) is 137 Å². The van der Waals surface area contributed by atoms with E-state index in [4.69, 9.17) is 11.1 Å². The first kappa shape index (κ1) is 19.5. The van der Waals surface area contributed by atoms with Crippen LogP contribution < -0.4 is 11.1 Å². The lowest BCUT2D eigenvalue weighted by atomic mass is 10.0. The second-order valence-corrected chi connectivity index (χ2v) is 8.80. The quantitative estimate of drug-likeness (QED) is 0.293. The molecular formula is C16H16N4O4S3. The third kappa shape index (κ3) is 4.20. The van der Waals surface area contributed by atoms with Gasteiger partial charge in [0.25, 0.3) is 5.91 Å². The van der Waals surface area contributed by atoms with Gasteiger partial charge in [-0.25, -0.2) is 4.79 Å². The number of nitrogens with two attached hydrogens (primary N) is 1. The standard InChI is InChI=1S/C16H16N4O4S3/c17-10(18)3-5-26-9-7-27-15-12(14(22)20(15)13(9)16(23)24)19-11(21)6-8-2-1-4-25-8/h1-5,12,15H,6-7H2,(H3,17,18)(H,19,21)(H,23,24)/b5-3+/t12?,15-/m1/s1. The number of thioether (sulfide) groups is 2. The third-order valence-corrected chi connectivity index (χ3v) is 7.06. The number of carboxylic acids is 1. The molecule has 142 valence electrons. The maximum atomic E-state index is 12.5. The van der Waals surface area contributed by atoms with Crippen LogP contribution in [0.3, 0.4) is 0 Å². The summed E-state index contributed by atoms with van der Waals surface area (Å²) in [5.41, 5.74) is 5.16. The van der Waals surface area contributed by atoms with E-state index >= 15 is 0 Å². The van der Waals surface area contributed by atoms with Crippen LogP contribution in [0.1, 0.15) is 4.88 Å². The highest BCUT2D eigenvalue weighted by Gasteiger charge is 2.54. The maximum Gasteiger partial charge on any atom is 0.353 e. The molecule has 1 fully saturated rings. The monoisotopic (exact) mass is 424 g/mol. The first-order valence-electron chi connectivity index (χ1n) is 7.78. The molecule has 3 rings (SSSR count). The minimum absolute atomic E-state index is 0.0780. The van der Waals surface area contributed by atoms with Crippen molar-refractivity contribution in [1.82, 2.24) is 10.2 Å². The van der Waals surface area contributed by atoms with Crippen molar-refractivity contribution >= 4 is 58.5 Å². The van der Waals surface area contributed by atoms with Crippen molar-refractivity contribution in [2.24, 2.45) is 5.73 Å². The molecule has 0 saturated carbocycles. The van der Waals surface area contributed by atoms with Gasteiger partial charge in [-0.05, 0) is 22.9 Å². The lowest BCUT2D eigenvalue weighted by Crippen LogP contribution is -2.70. The van der Waals surface area contributed by atoms with E-state index in [9.17, 15) is 19.5 Å². The number of nitrogens with one attached hydrogen (secondary N) is 2. The summed E-state index contributed by atoms with van der Waals surface area (Å²) >= 11 is 3.98. The molecule has 2 atom stereocenters. The fourth-order valence-electron chi connectivity index (χ4n) is 2.67. The molecule has 0 aliphatic carbocycles. The molecule has 5 N–H and O–H groups in total. The molecule has 3 heterocycles. The van der Waals surface area contributed by atoms with Crippen LogP contribution in [0.4, 0.5) is 0 Å². The predicted octanol–water partition coefficient (Wildman–Crippen LogP) is 1.17. The molecule has 0 radical (unpaired) electrons. The molecule has 0 aromatic carbocycles. The van der Waals surface area contributed by atoms with E-state index in [1.54, 1.807) is 0 Å². The van der Waals surface area contributed by atoms with Crippen LogP contribution in [0.15, 0.2) is 39.6 Å². The van der Waals surface area contributed by atoms with Crippen molar-refractivity contribution in [2.45, 2.75) is 17.8 Å². The van der Waals surface area contributed by atoms with Gasteiger partial charge in [-0.2, -0.15) is 0 Å². The summed E-state index contributed by atoms with van der Waals surface area (Å²) in [5, 5.41) is 22.4. The number of amidine groups is 1. The van der Waals surface area contributed by atoms with E-state index in [2.05, 4.69) is 5.32 Å². The summed E-state index contributed by atoms with van der Waals surface area (Å²) in [5.74, 6) is -1.65. The molecule has 2 amide bonds. The number of rotatable bonds is 7. The number of β-lactam (4-membered cyclic amide) rings is 1. The lowest BCUT2D eigenvalue weighted by Gasteiger charge is -2.49. The molecule has 1 saturated heterocycles. The maximum absolute atomic E-state index is 12.5. The van der Waals surface area contributed by atoms with Gasteiger partial charge in [0.1, 0.15) is 22.9 Å². The molecule has 2 aliphatic rings. The van der Waals surface area contributed by atoms with Crippen LogP contribution in [-0.2, 0) is 20.8 Å². The van der Waals surface area contributed by atoms with Crippen LogP contribution in [-0.4, -0.2) is 50.8 Å². The minimum atomic E-state index is -1.20. The Kier molecular flexibility index (Phi) is 5.92. The van der Waals surface area contributed by atoms with E-state index in [1.165, 1.54) is 39.5 Å². The molecule has 1 aromatic rings. The third-order valence-electron chi connectivity index (χ3n) is 3.83. The number of carbonyl (C=O) groups is 3. The molecular weight excluding hydrogens is 408 g/mol. The first-order valence-corrected chi connectivity index (χ1v) is 10.6. The second kappa shape index (κ2) is 8.19. The zero-order chi connectivity index (χ0) is 19.6. The van der Waals surface area contributed by atoms with Gasteiger partial charge in [0, 0.05) is 15.5 Å². The fourth-order valence-corrected chi connectivity index (χ4v) is 5.72. The summed E-state index contributed by atoms with van der Waals surface area (Å²) in [7, 11) is 0. The largest absolute Gasteiger partial charge is 0.477 e. The number of hydrogen-bond donors (Lipinski definition) is 4. The summed E-state index contributed by atoms with van der Waals surface area (Å²) in [6, 6.07) is 2.97. The van der Waals surface area contributed by atoms with Gasteiger partial charge in [-0.3, -0.25) is 19.9 Å². The average Bonchev–Trinajstić information content (AvgIpc) is 3.11. The van der Waals surface area contributed by atoms with Gasteiger partial charge in [-0.1, -0.05) is 17.8 Å². The Hall–Kier alpha value is -2.24. The number of aliphatic carboxylic acids is 1. The van der Waals surface area contributed by atoms with Crippen molar-refractivity contribution in [2.75, 3.05) is 5.75 Å². The Balaban J connectivity index is 1.70. The highest BCUT2D eigenvalue weighted by atomic mass is 32.2. The number of thiophene rings is 1. The van der Waals surface area contributed by atoms with Crippen LogP contribution in [0, 0.1) is 5.41 Å². The molecule has 27 heavy (non-hydrogen) atoms. The van der Waals surface area contributed by atoms with Gasteiger partial charge in [0.05, 0.1) is 6.42 Å². The molecule has 0 bridgehead atoms. The zero-order valence-corrected chi connectivity index (χ0v) is 16.3. The second-order valence-electron chi connectivity index (χ2n) is 5.66. The van der Waals surface area contributed by atoms with E-state index in [0.717, 1.165) is 16.6 Å². The summed E-state index contributed by atoms with van der Waals surface area (Å²) in [6.07, 6.45) is 1.54. The van der Waals surface area contributed by atoms with E-state index in [0.29, 0.717) is 10.7 Å². The molecule has 1 unspecified atom stereocenters. The Bertz CT molecular complexity index is 850. The average molecular weight is 425 g/mol. The molecule has 0 spiro atoms. The number of nitrogens with zero attached hydrogens (tertiary/aromatic N) is 1. The fraction of sp³-hybridized carbons (Fsp3) is 0.250. The van der Waals surface area contributed by atoms with Gasteiger partial charge in [-0.15, -0.1) is 23.1 Å². The van der Waals surface area contributed by atoms with Crippen LogP contribution in [0.5, 0.6) is 0 Å². The highest BCUT2D eigenvalue weighted by molar-refractivity contribution is 8.08. The van der Waals surface area contributed by atoms with E-state index in [1.807, 2.05) is 17.5 Å². The van der Waals surface area contributed by atoms with Crippen molar-refractivity contribution < 1.29 is 19.5 Å². The number of hydrogen-bond acceptors (Lipinski definition) is 7. The predicted molar refractivity (Wildman–Crippen MR) is 106 cm³/mol. The first-order chi connectivity index (χ1) is 12.9. The van der Waals surface area contributed by atoms with Gasteiger partial charge in [0.2, 0.25) is 5.91 Å². The minimum Gasteiger partial charge on any atom is -0.477 e. The molecule has 8 nitrogen and oxygen atoms in total. The molecule has 1 aromatic heterocycles. The van der Waals surface area contributed by atoms with E-state index in [-0.39, 0.29) is 23.9 Å². The van der Waals surface area contributed by atoms with Crippen LogP contribution in [0.2, 0.25) is 0 Å². The number of carbonyl (C=O) groups excluding carboxylic acids is 2. The number of fused-ring (bicyclic) bond motifs is 1. The SMILES string of the molecule is N=C(N)/C=C/SC1=C(C(=O)O)N2C(=O)C(NC(=O)Cc3cccs3)[C@H]2SC1. The normalized spacial score (nSPS) is 21.8. The van der Waals surface area contributed by atoms with Crippen LogP contribution >= 0.6 is 34.9 Å². The number of amides is 2. The van der Waals surface area contributed by atoms with Gasteiger partial charge in [0.15, 0.2) is 0 Å².